The zero-order chi connectivity index (χ0) is 30.0. The lowest BCUT2D eigenvalue weighted by atomic mass is 10.2. The molecule has 0 saturated carbocycles. The van der Waals surface area contributed by atoms with E-state index in [1.54, 1.807) is 37.3 Å². The number of nitro benzene ring substituents is 2. The van der Waals surface area contributed by atoms with E-state index < -0.39 is 44.4 Å². The molecule has 0 radical (unpaired) electrons. The van der Waals surface area contributed by atoms with Gasteiger partial charge in [0, 0.05) is 23.1 Å². The van der Waals surface area contributed by atoms with Gasteiger partial charge in [-0.05, 0) is 87.5 Å². The molecule has 1 atom stereocenters. The van der Waals surface area contributed by atoms with Gasteiger partial charge < -0.3 is 14.0 Å². The van der Waals surface area contributed by atoms with Gasteiger partial charge >= 0.3 is 11.7 Å². The van der Waals surface area contributed by atoms with Crippen LogP contribution in [0.2, 0.25) is 0 Å². The number of benzene rings is 2. The number of imide groups is 1. The molecule has 2 heterocycles. The van der Waals surface area contributed by atoms with Gasteiger partial charge in [0.25, 0.3) is 16.8 Å². The Balaban J connectivity index is 1.57. The molecule has 0 aliphatic carbocycles. The molecule has 1 aliphatic rings. The summed E-state index contributed by atoms with van der Waals surface area (Å²) in [7, 11) is 0. The Kier molecular flexibility index (Phi) is 8.23. The van der Waals surface area contributed by atoms with E-state index in [-0.39, 0.29) is 23.0 Å². The fourth-order valence-electron chi connectivity index (χ4n) is 4.29. The van der Waals surface area contributed by atoms with Crippen molar-refractivity contribution in [2.24, 2.45) is 0 Å². The number of aromatic nitrogens is 1. The van der Waals surface area contributed by atoms with E-state index in [0.717, 1.165) is 45.9 Å². The van der Waals surface area contributed by atoms with E-state index in [0.29, 0.717) is 5.56 Å². The maximum Gasteiger partial charge on any atom is 0.329 e. The van der Waals surface area contributed by atoms with Gasteiger partial charge in [-0.2, -0.15) is 0 Å². The molecule has 2 amide bonds. The maximum absolute atomic E-state index is 13.0. The molecule has 0 bridgehead atoms. The van der Waals surface area contributed by atoms with Crippen LogP contribution in [0.15, 0.2) is 53.4 Å². The summed E-state index contributed by atoms with van der Waals surface area (Å²) in [6.45, 7) is 6.92. The van der Waals surface area contributed by atoms with Crippen molar-refractivity contribution < 1.29 is 33.7 Å². The van der Waals surface area contributed by atoms with Crippen LogP contribution in [0.25, 0.3) is 11.8 Å². The number of amides is 2. The minimum Gasteiger partial charge on any atom is -0.464 e. The summed E-state index contributed by atoms with van der Waals surface area (Å²) in [5.41, 5.74) is 2.06. The number of carbonyl (C=O) groups is 3. The Morgan fingerprint density at radius 1 is 1.05 bits per heavy atom. The lowest BCUT2D eigenvalue weighted by Gasteiger charge is -2.19. The Hall–Kier alpha value is -4.98. The Morgan fingerprint density at radius 2 is 1.73 bits per heavy atom. The SMILES string of the molecule is CCOC(=O)[C@@H](C)N1C(=O)S/C(=C/c2cc(C)n(-c3ccc(Oc4ccc([N+](=O)[O-])cc4[N+](=O)[O-])cc3)c2C)C1=O. The molecule has 1 aromatic heterocycles. The number of non-ortho nitro benzene ring substituents is 1. The number of thioether (sulfide) groups is 1. The summed E-state index contributed by atoms with van der Waals surface area (Å²) in [6.07, 6.45) is 1.60. The van der Waals surface area contributed by atoms with Crippen molar-refractivity contribution in [2.45, 2.75) is 33.7 Å². The summed E-state index contributed by atoms with van der Waals surface area (Å²) in [6, 6.07) is 10.6. The van der Waals surface area contributed by atoms with Gasteiger partial charge in [0.1, 0.15) is 11.8 Å². The molecular formula is C27H24N4O9S. The van der Waals surface area contributed by atoms with E-state index >= 15 is 0 Å². The number of hydrogen-bond donors (Lipinski definition) is 0. The smallest absolute Gasteiger partial charge is 0.329 e. The lowest BCUT2D eigenvalue weighted by Crippen LogP contribution is -2.42. The molecule has 1 fully saturated rings. The third-order valence-corrected chi connectivity index (χ3v) is 7.15. The van der Waals surface area contributed by atoms with Gasteiger partial charge in [-0.25, -0.2) is 4.79 Å². The predicted molar refractivity (Wildman–Crippen MR) is 149 cm³/mol. The summed E-state index contributed by atoms with van der Waals surface area (Å²) < 4.78 is 12.5. The minimum atomic E-state index is -1.05. The second kappa shape index (κ2) is 11.6. The van der Waals surface area contributed by atoms with Crippen LogP contribution in [0.5, 0.6) is 11.5 Å². The number of nitro groups is 2. The van der Waals surface area contributed by atoms with Gasteiger partial charge in [-0.15, -0.1) is 0 Å². The number of carbonyl (C=O) groups excluding carboxylic acids is 3. The van der Waals surface area contributed by atoms with Crippen molar-refractivity contribution in [3.63, 3.8) is 0 Å². The van der Waals surface area contributed by atoms with E-state index in [2.05, 4.69) is 0 Å². The molecule has 2 aromatic carbocycles. The molecule has 0 N–H and O–H groups in total. The third-order valence-electron chi connectivity index (χ3n) is 6.27. The number of hydrogen-bond acceptors (Lipinski definition) is 10. The molecule has 0 spiro atoms. The van der Waals surface area contributed by atoms with Crippen LogP contribution in [0.1, 0.15) is 30.8 Å². The fraction of sp³-hybridized carbons (Fsp3) is 0.222. The molecule has 13 nitrogen and oxygen atoms in total. The zero-order valence-electron chi connectivity index (χ0n) is 22.4. The molecule has 4 rings (SSSR count). The molecule has 0 unspecified atom stereocenters. The highest BCUT2D eigenvalue weighted by Gasteiger charge is 2.41. The lowest BCUT2D eigenvalue weighted by molar-refractivity contribution is -0.394. The standard InChI is InChI=1S/C27H24N4O9S/c1-5-39-26(33)17(4)29-25(32)24(41-27(29)34)13-18-12-15(2)28(16(18)3)19-6-9-21(10-7-19)40-23-11-8-20(30(35)36)14-22(23)31(37)38/h6-14,17H,5H2,1-4H3/b24-13+/t17-/m1/s1. The Morgan fingerprint density at radius 3 is 2.34 bits per heavy atom. The first-order chi connectivity index (χ1) is 19.4. The van der Waals surface area contributed by atoms with E-state index in [1.165, 1.54) is 13.0 Å². The van der Waals surface area contributed by atoms with Crippen molar-refractivity contribution in [2.75, 3.05) is 6.61 Å². The van der Waals surface area contributed by atoms with Crippen molar-refractivity contribution in [3.8, 4) is 17.2 Å². The summed E-state index contributed by atoms with van der Waals surface area (Å²) >= 11 is 0.748. The molecule has 1 aliphatic heterocycles. The monoisotopic (exact) mass is 580 g/mol. The van der Waals surface area contributed by atoms with Crippen LogP contribution in [0, 0.1) is 34.1 Å². The normalized spacial score (nSPS) is 14.8. The highest BCUT2D eigenvalue weighted by molar-refractivity contribution is 8.18. The van der Waals surface area contributed by atoms with Crippen molar-refractivity contribution in [1.29, 1.82) is 0 Å². The van der Waals surface area contributed by atoms with Gasteiger partial charge in [0.2, 0.25) is 5.75 Å². The number of nitrogens with zero attached hydrogens (tertiary/aromatic N) is 4. The number of esters is 1. The number of aryl methyl sites for hydroxylation is 1. The van der Waals surface area contributed by atoms with Crippen LogP contribution in [-0.2, 0) is 14.3 Å². The molecular weight excluding hydrogens is 556 g/mol. The van der Waals surface area contributed by atoms with Gasteiger partial charge in [0.05, 0.1) is 27.4 Å². The minimum absolute atomic E-state index is 0.130. The van der Waals surface area contributed by atoms with Crippen LogP contribution >= 0.6 is 11.8 Å². The highest BCUT2D eigenvalue weighted by Crippen LogP contribution is 2.37. The van der Waals surface area contributed by atoms with Gasteiger partial charge in [-0.3, -0.25) is 34.7 Å². The maximum atomic E-state index is 13.0. The second-order valence-electron chi connectivity index (χ2n) is 8.90. The van der Waals surface area contributed by atoms with Gasteiger partial charge in [0.15, 0.2) is 0 Å². The second-order valence-corrected chi connectivity index (χ2v) is 9.90. The topological polar surface area (TPSA) is 164 Å². The summed E-state index contributed by atoms with van der Waals surface area (Å²) in [4.78, 5) is 59.5. The Bertz CT molecular complexity index is 1610. The third kappa shape index (κ3) is 5.82. The quantitative estimate of drug-likeness (QED) is 0.133. The first-order valence-corrected chi connectivity index (χ1v) is 13.1. The first-order valence-electron chi connectivity index (χ1n) is 12.3. The largest absolute Gasteiger partial charge is 0.464 e. The van der Waals surface area contributed by atoms with Crippen molar-refractivity contribution >= 4 is 46.3 Å². The molecule has 3 aromatic rings. The average molecular weight is 581 g/mol. The average Bonchev–Trinajstić information content (AvgIpc) is 3.36. The van der Waals surface area contributed by atoms with Crippen molar-refractivity contribution in [3.05, 3.63) is 90.6 Å². The number of rotatable bonds is 9. The summed E-state index contributed by atoms with van der Waals surface area (Å²) in [5, 5.41) is 21.8. The molecule has 41 heavy (non-hydrogen) atoms. The van der Waals surface area contributed by atoms with Crippen LogP contribution in [0.3, 0.4) is 0 Å². The van der Waals surface area contributed by atoms with Gasteiger partial charge in [-0.1, -0.05) is 0 Å². The van der Waals surface area contributed by atoms with E-state index in [1.807, 2.05) is 24.5 Å². The highest BCUT2D eigenvalue weighted by atomic mass is 32.2. The van der Waals surface area contributed by atoms with E-state index in [4.69, 9.17) is 9.47 Å². The zero-order valence-corrected chi connectivity index (χ0v) is 23.2. The number of ether oxygens (including phenoxy) is 2. The molecule has 212 valence electrons. The van der Waals surface area contributed by atoms with Crippen LogP contribution in [0.4, 0.5) is 16.2 Å². The fourth-order valence-corrected chi connectivity index (χ4v) is 5.19. The van der Waals surface area contributed by atoms with Crippen LogP contribution in [-0.4, -0.2) is 49.1 Å². The summed E-state index contributed by atoms with van der Waals surface area (Å²) in [5.74, 6) is -1.11. The Labute approximate surface area is 237 Å². The van der Waals surface area contributed by atoms with Crippen molar-refractivity contribution in [1.82, 2.24) is 9.47 Å². The molecule has 1 saturated heterocycles. The van der Waals surface area contributed by atoms with Crippen LogP contribution < -0.4 is 4.74 Å². The van der Waals surface area contributed by atoms with E-state index in [9.17, 15) is 34.6 Å². The predicted octanol–water partition coefficient (Wildman–Crippen LogP) is 5.69. The first kappa shape index (κ1) is 29.0. The molecule has 14 heteroatoms.